The van der Waals surface area contributed by atoms with E-state index in [-0.39, 0.29) is 30.3 Å². The summed E-state index contributed by atoms with van der Waals surface area (Å²) in [5, 5.41) is 0. The van der Waals surface area contributed by atoms with Crippen molar-refractivity contribution in [3.05, 3.63) is 0 Å². The standard InChI is InChI=1S/C8H18N2O3S.ClH/c1-13-5-6-14(11,12)10-7-8(9)3-2-4-8;/h10H,2-7,9H2,1H3;1H. The summed E-state index contributed by atoms with van der Waals surface area (Å²) < 4.78 is 29.9. The molecule has 0 aliphatic heterocycles. The zero-order valence-electron chi connectivity index (χ0n) is 8.86. The molecule has 0 radical (unpaired) electrons. The Morgan fingerprint density at radius 3 is 2.47 bits per heavy atom. The van der Waals surface area contributed by atoms with Crippen LogP contribution in [-0.4, -0.2) is 40.0 Å². The van der Waals surface area contributed by atoms with Crippen LogP contribution >= 0.6 is 12.4 Å². The van der Waals surface area contributed by atoms with Crippen LogP contribution in [0.1, 0.15) is 19.3 Å². The van der Waals surface area contributed by atoms with Crippen LogP contribution in [-0.2, 0) is 14.8 Å². The molecule has 0 amide bonds. The molecule has 0 atom stereocenters. The molecular weight excluding hydrogens is 240 g/mol. The van der Waals surface area contributed by atoms with Crippen molar-refractivity contribution >= 4 is 22.4 Å². The van der Waals surface area contributed by atoms with Gasteiger partial charge in [0.2, 0.25) is 10.0 Å². The maximum atomic E-state index is 11.3. The van der Waals surface area contributed by atoms with Gasteiger partial charge >= 0.3 is 0 Å². The number of halogens is 1. The highest BCUT2D eigenvalue weighted by Gasteiger charge is 2.33. The van der Waals surface area contributed by atoms with E-state index in [1.807, 2.05) is 0 Å². The summed E-state index contributed by atoms with van der Waals surface area (Å²) in [4.78, 5) is 0. The first kappa shape index (κ1) is 15.1. The van der Waals surface area contributed by atoms with Gasteiger partial charge in [-0.3, -0.25) is 0 Å². The van der Waals surface area contributed by atoms with Gasteiger partial charge < -0.3 is 10.5 Å². The highest BCUT2D eigenvalue weighted by Crippen LogP contribution is 2.28. The van der Waals surface area contributed by atoms with Crippen LogP contribution in [0, 0.1) is 0 Å². The predicted molar refractivity (Wildman–Crippen MR) is 61.7 cm³/mol. The first-order chi connectivity index (χ1) is 6.47. The molecule has 15 heavy (non-hydrogen) atoms. The third-order valence-electron chi connectivity index (χ3n) is 2.55. The summed E-state index contributed by atoms with van der Waals surface area (Å²) >= 11 is 0. The van der Waals surface area contributed by atoms with E-state index in [9.17, 15) is 8.42 Å². The minimum Gasteiger partial charge on any atom is -0.384 e. The Morgan fingerprint density at radius 1 is 1.47 bits per heavy atom. The van der Waals surface area contributed by atoms with Crippen LogP contribution in [0.2, 0.25) is 0 Å². The van der Waals surface area contributed by atoms with Gasteiger partial charge in [-0.25, -0.2) is 13.1 Å². The second-order valence-corrected chi connectivity index (χ2v) is 5.78. The molecule has 0 saturated heterocycles. The maximum Gasteiger partial charge on any atom is 0.213 e. The van der Waals surface area contributed by atoms with Crippen molar-refractivity contribution in [3.63, 3.8) is 0 Å². The normalized spacial score (nSPS) is 19.1. The lowest BCUT2D eigenvalue weighted by atomic mass is 9.78. The highest BCUT2D eigenvalue weighted by atomic mass is 35.5. The molecule has 1 aliphatic rings. The average Bonchev–Trinajstić information content (AvgIpc) is 2.09. The van der Waals surface area contributed by atoms with Gasteiger partial charge in [0.05, 0.1) is 12.4 Å². The zero-order chi connectivity index (χ0) is 10.7. The lowest BCUT2D eigenvalue weighted by Gasteiger charge is -2.37. The number of methoxy groups -OCH3 is 1. The van der Waals surface area contributed by atoms with E-state index in [1.54, 1.807) is 0 Å². The summed E-state index contributed by atoms with van der Waals surface area (Å²) in [5.41, 5.74) is 5.58. The summed E-state index contributed by atoms with van der Waals surface area (Å²) in [7, 11) is -1.73. The fraction of sp³-hybridized carbons (Fsp3) is 1.00. The van der Waals surface area contributed by atoms with Crippen molar-refractivity contribution in [1.29, 1.82) is 0 Å². The van der Waals surface area contributed by atoms with Gasteiger partial charge in [0.1, 0.15) is 0 Å². The molecule has 0 spiro atoms. The van der Waals surface area contributed by atoms with Gasteiger partial charge in [0, 0.05) is 19.2 Å². The summed E-state index contributed by atoms with van der Waals surface area (Å²) in [6, 6.07) is 0. The Morgan fingerprint density at radius 2 is 2.07 bits per heavy atom. The maximum absolute atomic E-state index is 11.3. The lowest BCUT2D eigenvalue weighted by Crippen LogP contribution is -2.55. The molecule has 7 heteroatoms. The van der Waals surface area contributed by atoms with Crippen molar-refractivity contribution in [3.8, 4) is 0 Å². The van der Waals surface area contributed by atoms with Crippen molar-refractivity contribution in [2.24, 2.45) is 5.73 Å². The number of hydrogen-bond donors (Lipinski definition) is 2. The molecule has 0 aromatic carbocycles. The first-order valence-corrected chi connectivity index (χ1v) is 6.38. The summed E-state index contributed by atoms with van der Waals surface area (Å²) in [6.45, 7) is 0.561. The van der Waals surface area contributed by atoms with Gasteiger partial charge in [0.25, 0.3) is 0 Å². The lowest BCUT2D eigenvalue weighted by molar-refractivity contribution is 0.216. The monoisotopic (exact) mass is 258 g/mol. The Balaban J connectivity index is 0.00000196. The summed E-state index contributed by atoms with van der Waals surface area (Å²) in [6.07, 6.45) is 2.90. The SMILES string of the molecule is COCCS(=O)(=O)NCC1(N)CCC1.Cl. The molecule has 0 unspecified atom stereocenters. The van der Waals surface area contributed by atoms with Gasteiger partial charge in [0.15, 0.2) is 0 Å². The van der Waals surface area contributed by atoms with E-state index in [1.165, 1.54) is 7.11 Å². The third-order valence-corrected chi connectivity index (χ3v) is 3.84. The van der Waals surface area contributed by atoms with Crippen LogP contribution < -0.4 is 10.5 Å². The van der Waals surface area contributed by atoms with Crippen LogP contribution in [0.25, 0.3) is 0 Å². The number of ether oxygens (including phenoxy) is 1. The Hall–Kier alpha value is 0.120. The van der Waals surface area contributed by atoms with Crippen LogP contribution in [0.3, 0.4) is 0 Å². The molecule has 0 bridgehead atoms. The molecule has 3 N–H and O–H groups in total. The molecule has 5 nitrogen and oxygen atoms in total. The molecule has 0 heterocycles. The molecule has 0 aromatic heterocycles. The van der Waals surface area contributed by atoms with Crippen molar-refractivity contribution in [2.75, 3.05) is 26.0 Å². The van der Waals surface area contributed by atoms with Crippen molar-refractivity contribution in [2.45, 2.75) is 24.8 Å². The van der Waals surface area contributed by atoms with Gasteiger partial charge in [-0.2, -0.15) is 0 Å². The first-order valence-electron chi connectivity index (χ1n) is 4.73. The topological polar surface area (TPSA) is 81.4 Å². The van der Waals surface area contributed by atoms with E-state index in [0.717, 1.165) is 19.3 Å². The quantitative estimate of drug-likeness (QED) is 0.695. The molecule has 0 aromatic rings. The minimum atomic E-state index is -3.21. The van der Waals surface area contributed by atoms with Crippen LogP contribution in [0.4, 0.5) is 0 Å². The predicted octanol–water partition coefficient (Wildman–Crippen LogP) is -0.145. The van der Waals surface area contributed by atoms with E-state index in [4.69, 9.17) is 10.5 Å². The molecule has 1 rings (SSSR count). The Bertz CT molecular complexity index is 278. The second kappa shape index (κ2) is 6.00. The average molecular weight is 259 g/mol. The number of nitrogens with one attached hydrogen (secondary N) is 1. The molecule has 1 saturated carbocycles. The van der Waals surface area contributed by atoms with Gasteiger partial charge in [-0.1, -0.05) is 0 Å². The highest BCUT2D eigenvalue weighted by molar-refractivity contribution is 7.89. The smallest absolute Gasteiger partial charge is 0.213 e. The van der Waals surface area contributed by atoms with Gasteiger partial charge in [-0.05, 0) is 19.3 Å². The van der Waals surface area contributed by atoms with E-state index in [2.05, 4.69) is 4.72 Å². The largest absolute Gasteiger partial charge is 0.384 e. The van der Waals surface area contributed by atoms with Gasteiger partial charge in [-0.15, -0.1) is 12.4 Å². The van der Waals surface area contributed by atoms with E-state index >= 15 is 0 Å². The molecule has 1 fully saturated rings. The fourth-order valence-corrected chi connectivity index (χ4v) is 2.36. The summed E-state index contributed by atoms with van der Waals surface area (Å²) in [5.74, 6) is -0.000417. The van der Waals surface area contributed by atoms with Crippen LogP contribution in [0.5, 0.6) is 0 Å². The Labute approximate surface area is 97.2 Å². The van der Waals surface area contributed by atoms with Crippen molar-refractivity contribution < 1.29 is 13.2 Å². The second-order valence-electron chi connectivity index (χ2n) is 3.85. The number of rotatable bonds is 6. The Kier molecular flexibility index (Phi) is 6.05. The molecular formula is C8H19ClN2O3S. The number of nitrogens with two attached hydrogens (primary N) is 1. The van der Waals surface area contributed by atoms with Crippen LogP contribution in [0.15, 0.2) is 0 Å². The zero-order valence-corrected chi connectivity index (χ0v) is 10.5. The molecule has 92 valence electrons. The number of hydrogen-bond acceptors (Lipinski definition) is 4. The third kappa shape index (κ3) is 5.12. The van der Waals surface area contributed by atoms with Crippen molar-refractivity contribution in [1.82, 2.24) is 4.72 Å². The number of sulfonamides is 1. The van der Waals surface area contributed by atoms with E-state index < -0.39 is 10.0 Å². The fourth-order valence-electron chi connectivity index (χ4n) is 1.33. The molecule has 1 aliphatic carbocycles. The van der Waals surface area contributed by atoms with E-state index in [0.29, 0.717) is 6.54 Å². The minimum absolute atomic E-state index is 0.